The number of benzene rings is 2. The van der Waals surface area contributed by atoms with Gasteiger partial charge in [-0.3, -0.25) is 4.79 Å². The molecule has 0 aliphatic heterocycles. The molecule has 4 rings (SSSR count). The van der Waals surface area contributed by atoms with Crippen LogP contribution in [0.25, 0.3) is 5.57 Å². The number of halogens is 2. The number of aliphatic hydroxyl groups excluding tert-OH is 1. The molecule has 0 saturated heterocycles. The molecule has 0 spiro atoms. The minimum Gasteiger partial charge on any atom is -0.511 e. The van der Waals surface area contributed by atoms with Crippen LogP contribution in [0.2, 0.25) is 10.0 Å². The molecule has 3 nitrogen and oxygen atoms in total. The van der Waals surface area contributed by atoms with E-state index in [1.54, 1.807) is 18.2 Å². The van der Waals surface area contributed by atoms with Gasteiger partial charge in [-0.25, -0.2) is 0 Å². The van der Waals surface area contributed by atoms with Gasteiger partial charge >= 0.3 is 0 Å². The Morgan fingerprint density at radius 3 is 2.53 bits per heavy atom. The molecule has 1 fully saturated rings. The monoisotopic (exact) mass is 444 g/mol. The van der Waals surface area contributed by atoms with Crippen LogP contribution in [0.4, 0.5) is 0 Å². The summed E-state index contributed by atoms with van der Waals surface area (Å²) in [6, 6.07) is 10.7. The Kier molecular flexibility index (Phi) is 5.19. The molecular weight excluding hydrogens is 419 g/mol. The number of allylic oxidation sites excluding steroid dienone is 2. The Morgan fingerprint density at radius 1 is 1.13 bits per heavy atom. The summed E-state index contributed by atoms with van der Waals surface area (Å²) in [7, 11) is 0. The molecule has 30 heavy (non-hydrogen) atoms. The van der Waals surface area contributed by atoms with Crippen molar-refractivity contribution in [3.05, 3.63) is 63.3 Å². The second kappa shape index (κ2) is 7.32. The number of carbonyl (C=O) groups is 1. The molecular formula is C25H26Cl2O3. The zero-order chi connectivity index (χ0) is 21.8. The Morgan fingerprint density at radius 2 is 1.87 bits per heavy atom. The van der Waals surface area contributed by atoms with Gasteiger partial charge in [0.15, 0.2) is 5.78 Å². The first-order valence-corrected chi connectivity index (χ1v) is 11.1. The lowest BCUT2D eigenvalue weighted by Crippen LogP contribution is -2.43. The predicted octanol–water partition coefficient (Wildman–Crippen LogP) is 7.64. The van der Waals surface area contributed by atoms with Gasteiger partial charge < -0.3 is 9.84 Å². The van der Waals surface area contributed by atoms with Crippen molar-refractivity contribution in [2.75, 3.05) is 0 Å². The third kappa shape index (κ3) is 3.06. The van der Waals surface area contributed by atoms with Gasteiger partial charge in [0, 0.05) is 16.4 Å². The van der Waals surface area contributed by atoms with Gasteiger partial charge in [-0.15, -0.1) is 0 Å². The summed E-state index contributed by atoms with van der Waals surface area (Å²) >= 11 is 12.2. The van der Waals surface area contributed by atoms with E-state index in [1.165, 1.54) is 0 Å². The van der Waals surface area contributed by atoms with Crippen molar-refractivity contribution in [3.8, 4) is 11.5 Å². The fourth-order valence-electron chi connectivity index (χ4n) is 5.06. The SMILES string of the molecule is CCc1ccc(Oc2ccc(Cl)cc2Cl)cc1C1=C(O)[C@@]2(C)CC[C@@H](C1=O)C2(C)C. The summed E-state index contributed by atoms with van der Waals surface area (Å²) in [5.41, 5.74) is 1.51. The molecule has 2 aromatic carbocycles. The van der Waals surface area contributed by atoms with E-state index in [0.717, 1.165) is 30.4 Å². The van der Waals surface area contributed by atoms with Gasteiger partial charge in [-0.1, -0.05) is 57.0 Å². The van der Waals surface area contributed by atoms with E-state index >= 15 is 0 Å². The van der Waals surface area contributed by atoms with Gasteiger partial charge in [0.05, 0.1) is 10.6 Å². The lowest BCUT2D eigenvalue weighted by Gasteiger charge is -2.45. The maximum Gasteiger partial charge on any atom is 0.170 e. The molecule has 1 N–H and O–H groups in total. The second-order valence-corrected chi connectivity index (χ2v) is 9.93. The van der Waals surface area contributed by atoms with E-state index in [0.29, 0.717) is 27.1 Å². The summed E-state index contributed by atoms with van der Waals surface area (Å²) in [4.78, 5) is 13.5. The van der Waals surface area contributed by atoms with Crippen molar-refractivity contribution in [3.63, 3.8) is 0 Å². The second-order valence-electron chi connectivity index (χ2n) is 9.08. The van der Waals surface area contributed by atoms with E-state index < -0.39 is 5.41 Å². The summed E-state index contributed by atoms with van der Waals surface area (Å²) in [5.74, 6) is 1.19. The van der Waals surface area contributed by atoms with Gasteiger partial charge in [-0.05, 0) is 66.1 Å². The molecule has 0 unspecified atom stereocenters. The molecule has 0 radical (unpaired) electrons. The highest BCUT2D eigenvalue weighted by molar-refractivity contribution is 6.35. The summed E-state index contributed by atoms with van der Waals surface area (Å²) in [6.07, 6.45) is 2.35. The van der Waals surface area contributed by atoms with Crippen molar-refractivity contribution < 1.29 is 14.6 Å². The van der Waals surface area contributed by atoms with Crippen LogP contribution in [-0.2, 0) is 11.2 Å². The zero-order valence-corrected chi connectivity index (χ0v) is 19.2. The topological polar surface area (TPSA) is 46.5 Å². The number of hydrogen-bond acceptors (Lipinski definition) is 3. The number of ether oxygens (including phenoxy) is 1. The van der Waals surface area contributed by atoms with Crippen molar-refractivity contribution in [2.24, 2.45) is 16.7 Å². The highest BCUT2D eigenvalue weighted by Gasteiger charge is 2.61. The highest BCUT2D eigenvalue weighted by atomic mass is 35.5. The van der Waals surface area contributed by atoms with Crippen molar-refractivity contribution >= 4 is 34.6 Å². The number of aryl methyl sites for hydroxylation is 1. The number of fused-ring (bicyclic) bond motifs is 2. The molecule has 0 amide bonds. The Bertz CT molecular complexity index is 1070. The summed E-state index contributed by atoms with van der Waals surface area (Å²) in [5, 5.41) is 12.3. The normalized spacial score (nSPS) is 25.0. The van der Waals surface area contributed by atoms with Gasteiger partial charge in [0.25, 0.3) is 0 Å². The smallest absolute Gasteiger partial charge is 0.170 e. The molecule has 2 aliphatic carbocycles. The van der Waals surface area contributed by atoms with Crippen molar-refractivity contribution in [1.29, 1.82) is 0 Å². The standard InChI is InChI=1S/C25H26Cl2O3/c1-5-14-6-8-16(30-20-9-7-15(26)12-19(20)27)13-17(14)21-22(28)18-10-11-25(4,23(21)29)24(18,2)3/h6-9,12-13,18,29H,5,10-11H2,1-4H3/t18-,25+/m0/s1. The molecule has 2 atom stereocenters. The largest absolute Gasteiger partial charge is 0.511 e. The van der Waals surface area contributed by atoms with Crippen LogP contribution in [0.15, 0.2) is 42.2 Å². The molecule has 0 heterocycles. The minimum absolute atomic E-state index is 0.0313. The van der Waals surface area contributed by atoms with Crippen LogP contribution in [0.1, 0.15) is 51.7 Å². The van der Waals surface area contributed by atoms with Crippen LogP contribution in [0, 0.1) is 16.7 Å². The van der Waals surface area contributed by atoms with Crippen LogP contribution < -0.4 is 4.74 Å². The number of ketones is 1. The maximum absolute atomic E-state index is 13.5. The van der Waals surface area contributed by atoms with E-state index in [1.807, 2.05) is 25.1 Å². The summed E-state index contributed by atoms with van der Waals surface area (Å²) in [6.45, 7) is 8.31. The van der Waals surface area contributed by atoms with E-state index in [4.69, 9.17) is 27.9 Å². The fourth-order valence-corrected chi connectivity index (χ4v) is 5.50. The average Bonchev–Trinajstić information content (AvgIpc) is 2.87. The Labute approximate surface area is 187 Å². The predicted molar refractivity (Wildman–Crippen MR) is 122 cm³/mol. The van der Waals surface area contributed by atoms with Gasteiger partial charge in [0.1, 0.15) is 17.3 Å². The molecule has 0 aromatic heterocycles. The van der Waals surface area contributed by atoms with E-state index in [2.05, 4.69) is 20.8 Å². The molecule has 2 aliphatic rings. The molecule has 1 saturated carbocycles. The molecule has 5 heteroatoms. The first-order valence-electron chi connectivity index (χ1n) is 10.3. The quantitative estimate of drug-likeness (QED) is 0.526. The molecule has 158 valence electrons. The lowest BCUT2D eigenvalue weighted by atomic mass is 9.58. The third-order valence-electron chi connectivity index (χ3n) is 7.40. The van der Waals surface area contributed by atoms with Crippen molar-refractivity contribution in [1.82, 2.24) is 0 Å². The Balaban J connectivity index is 1.82. The fraction of sp³-hybridized carbons (Fsp3) is 0.400. The lowest BCUT2D eigenvalue weighted by molar-refractivity contribution is -0.122. The molecule has 2 aromatic rings. The van der Waals surface area contributed by atoms with Crippen LogP contribution in [-0.4, -0.2) is 10.9 Å². The van der Waals surface area contributed by atoms with Gasteiger partial charge in [-0.2, -0.15) is 0 Å². The van der Waals surface area contributed by atoms with E-state index in [9.17, 15) is 9.90 Å². The van der Waals surface area contributed by atoms with Crippen LogP contribution in [0.3, 0.4) is 0 Å². The zero-order valence-electron chi connectivity index (χ0n) is 17.7. The number of Topliss-reactive ketones (excluding diaryl/α,β-unsaturated/α-hetero) is 1. The van der Waals surface area contributed by atoms with Gasteiger partial charge in [0.2, 0.25) is 0 Å². The number of hydrogen-bond donors (Lipinski definition) is 1. The first-order chi connectivity index (χ1) is 14.1. The van der Waals surface area contributed by atoms with E-state index in [-0.39, 0.29) is 22.9 Å². The average molecular weight is 445 g/mol. The molecule has 2 bridgehead atoms. The third-order valence-corrected chi connectivity index (χ3v) is 7.93. The maximum atomic E-state index is 13.5. The summed E-state index contributed by atoms with van der Waals surface area (Å²) < 4.78 is 5.99. The first kappa shape index (κ1) is 21.3. The number of rotatable bonds is 4. The number of aliphatic hydroxyl groups is 1. The van der Waals surface area contributed by atoms with Crippen LogP contribution >= 0.6 is 23.2 Å². The number of carbonyl (C=O) groups excluding carboxylic acids is 1. The van der Waals surface area contributed by atoms with Crippen LogP contribution in [0.5, 0.6) is 11.5 Å². The highest BCUT2D eigenvalue weighted by Crippen LogP contribution is 2.64. The van der Waals surface area contributed by atoms with Crippen molar-refractivity contribution in [2.45, 2.75) is 47.0 Å². The minimum atomic E-state index is -0.414. The Hall–Kier alpha value is -1.97.